The third-order valence-corrected chi connectivity index (χ3v) is 5.17. The van der Waals surface area contributed by atoms with Gasteiger partial charge in [0.2, 0.25) is 5.91 Å². The number of carbonyl (C=O) groups excluding carboxylic acids is 1. The summed E-state index contributed by atoms with van der Waals surface area (Å²) in [6.07, 6.45) is 5.54. The van der Waals surface area contributed by atoms with E-state index in [1.54, 1.807) is 0 Å². The molecule has 0 spiro atoms. The van der Waals surface area contributed by atoms with Gasteiger partial charge < -0.3 is 20.1 Å². The molecule has 174 valence electrons. The molecule has 0 aliphatic carbocycles. The zero-order valence-electron chi connectivity index (χ0n) is 19.4. The quantitative estimate of drug-likeness (QED) is 0.285. The first-order chi connectivity index (χ1) is 16.2. The van der Waals surface area contributed by atoms with Crippen LogP contribution in [0.5, 0.6) is 11.5 Å². The van der Waals surface area contributed by atoms with E-state index in [9.17, 15) is 4.79 Å². The van der Waals surface area contributed by atoms with Crippen molar-refractivity contribution in [1.29, 1.82) is 0 Å². The molecule has 0 atom stereocenters. The van der Waals surface area contributed by atoms with Crippen LogP contribution in [0.15, 0.2) is 78.9 Å². The van der Waals surface area contributed by atoms with Crippen LogP contribution in [0.4, 0.5) is 11.4 Å². The van der Waals surface area contributed by atoms with Gasteiger partial charge in [0, 0.05) is 29.9 Å². The number of nitrogens with one attached hydrogen (secondary N) is 2. The van der Waals surface area contributed by atoms with Crippen molar-refractivity contribution < 1.29 is 14.3 Å². The SMILES string of the molecule is CCCCCCOc1cccc(NCC(=O)Nc2cccc(OCCc3ccccc3)c2)c1. The Labute approximate surface area is 197 Å². The molecule has 3 aromatic rings. The van der Waals surface area contributed by atoms with Crippen molar-refractivity contribution in [2.75, 3.05) is 30.4 Å². The highest BCUT2D eigenvalue weighted by atomic mass is 16.5. The van der Waals surface area contributed by atoms with Crippen molar-refractivity contribution in [2.45, 2.75) is 39.0 Å². The summed E-state index contributed by atoms with van der Waals surface area (Å²) in [4.78, 5) is 12.4. The van der Waals surface area contributed by atoms with E-state index in [2.05, 4.69) is 29.7 Å². The van der Waals surface area contributed by atoms with E-state index in [1.165, 1.54) is 24.8 Å². The molecule has 0 saturated heterocycles. The van der Waals surface area contributed by atoms with Crippen LogP contribution in [0.25, 0.3) is 0 Å². The predicted octanol–water partition coefficient (Wildman–Crippen LogP) is 6.32. The van der Waals surface area contributed by atoms with Gasteiger partial charge in [-0.15, -0.1) is 0 Å². The highest BCUT2D eigenvalue weighted by molar-refractivity contribution is 5.93. The summed E-state index contributed by atoms with van der Waals surface area (Å²) in [5.74, 6) is 1.43. The van der Waals surface area contributed by atoms with Crippen LogP contribution in [0.2, 0.25) is 0 Å². The Morgan fingerprint density at radius 2 is 1.45 bits per heavy atom. The van der Waals surface area contributed by atoms with Gasteiger partial charge in [-0.05, 0) is 36.2 Å². The molecule has 33 heavy (non-hydrogen) atoms. The van der Waals surface area contributed by atoms with Crippen molar-refractivity contribution in [3.63, 3.8) is 0 Å². The highest BCUT2D eigenvalue weighted by Crippen LogP contribution is 2.19. The van der Waals surface area contributed by atoms with Gasteiger partial charge in [-0.25, -0.2) is 0 Å². The average molecular weight is 447 g/mol. The Bertz CT molecular complexity index is 976. The smallest absolute Gasteiger partial charge is 0.243 e. The molecule has 5 heteroatoms. The summed E-state index contributed by atoms with van der Waals surface area (Å²) >= 11 is 0. The monoisotopic (exact) mass is 446 g/mol. The predicted molar refractivity (Wildman–Crippen MR) is 135 cm³/mol. The lowest BCUT2D eigenvalue weighted by Crippen LogP contribution is -2.21. The minimum Gasteiger partial charge on any atom is -0.494 e. The molecule has 0 bridgehead atoms. The molecular weight excluding hydrogens is 412 g/mol. The molecular formula is C28H34N2O3. The maximum absolute atomic E-state index is 12.4. The highest BCUT2D eigenvalue weighted by Gasteiger charge is 2.05. The van der Waals surface area contributed by atoms with Gasteiger partial charge in [0.1, 0.15) is 11.5 Å². The van der Waals surface area contributed by atoms with E-state index in [0.717, 1.165) is 30.0 Å². The largest absolute Gasteiger partial charge is 0.494 e. The van der Waals surface area contributed by atoms with Gasteiger partial charge in [-0.3, -0.25) is 4.79 Å². The Hall–Kier alpha value is -3.47. The molecule has 5 nitrogen and oxygen atoms in total. The Morgan fingerprint density at radius 3 is 2.21 bits per heavy atom. The fraction of sp³-hybridized carbons (Fsp3) is 0.321. The lowest BCUT2D eigenvalue weighted by atomic mass is 10.2. The van der Waals surface area contributed by atoms with Crippen LogP contribution in [-0.2, 0) is 11.2 Å². The molecule has 0 aliphatic heterocycles. The first kappa shape index (κ1) is 24.2. The molecule has 0 radical (unpaired) electrons. The molecule has 0 unspecified atom stereocenters. The van der Waals surface area contributed by atoms with E-state index in [4.69, 9.17) is 9.47 Å². The second-order valence-corrected chi connectivity index (χ2v) is 7.95. The first-order valence-electron chi connectivity index (χ1n) is 11.8. The Kier molecular flexibility index (Phi) is 10.1. The van der Waals surface area contributed by atoms with E-state index in [1.807, 2.05) is 66.7 Å². The van der Waals surface area contributed by atoms with Crippen molar-refractivity contribution >= 4 is 17.3 Å². The van der Waals surface area contributed by atoms with Crippen LogP contribution < -0.4 is 20.1 Å². The number of rotatable bonds is 14. The minimum absolute atomic E-state index is 0.123. The van der Waals surface area contributed by atoms with Crippen molar-refractivity contribution in [3.8, 4) is 11.5 Å². The Morgan fingerprint density at radius 1 is 0.758 bits per heavy atom. The Balaban J connectivity index is 1.40. The molecule has 0 saturated carbocycles. The summed E-state index contributed by atoms with van der Waals surface area (Å²) in [7, 11) is 0. The van der Waals surface area contributed by atoms with Crippen molar-refractivity contribution in [1.82, 2.24) is 0 Å². The normalized spacial score (nSPS) is 10.5. The van der Waals surface area contributed by atoms with E-state index >= 15 is 0 Å². The fourth-order valence-electron chi connectivity index (χ4n) is 3.40. The summed E-state index contributed by atoms with van der Waals surface area (Å²) in [6.45, 7) is 3.66. The molecule has 0 aromatic heterocycles. The molecule has 2 N–H and O–H groups in total. The van der Waals surface area contributed by atoms with Gasteiger partial charge in [0.15, 0.2) is 0 Å². The van der Waals surface area contributed by atoms with Crippen molar-refractivity contribution in [3.05, 3.63) is 84.4 Å². The maximum atomic E-state index is 12.4. The third-order valence-electron chi connectivity index (χ3n) is 5.17. The van der Waals surface area contributed by atoms with E-state index in [0.29, 0.717) is 18.9 Å². The van der Waals surface area contributed by atoms with Crippen molar-refractivity contribution in [2.24, 2.45) is 0 Å². The second-order valence-electron chi connectivity index (χ2n) is 7.95. The first-order valence-corrected chi connectivity index (χ1v) is 11.8. The lowest BCUT2D eigenvalue weighted by Gasteiger charge is -2.11. The van der Waals surface area contributed by atoms with E-state index in [-0.39, 0.29) is 12.5 Å². The standard InChI is InChI=1S/C28H34N2O3/c1-2-3-4-8-18-32-26-15-9-13-24(20-26)29-22-28(31)30-25-14-10-16-27(21-25)33-19-17-23-11-6-5-7-12-23/h5-7,9-16,20-21,29H,2-4,8,17-19,22H2,1H3,(H,30,31). The minimum atomic E-state index is -0.123. The van der Waals surface area contributed by atoms with Crippen LogP contribution in [0.3, 0.4) is 0 Å². The van der Waals surface area contributed by atoms with Gasteiger partial charge in [0.05, 0.1) is 19.8 Å². The molecule has 0 heterocycles. The molecule has 0 fully saturated rings. The average Bonchev–Trinajstić information content (AvgIpc) is 2.84. The third kappa shape index (κ3) is 9.27. The number of benzene rings is 3. The number of amides is 1. The fourth-order valence-corrected chi connectivity index (χ4v) is 3.40. The van der Waals surface area contributed by atoms with Crippen LogP contribution in [0, 0.1) is 0 Å². The van der Waals surface area contributed by atoms with Crippen LogP contribution in [0.1, 0.15) is 38.2 Å². The number of hydrogen-bond acceptors (Lipinski definition) is 4. The van der Waals surface area contributed by atoms with Gasteiger partial charge in [0.25, 0.3) is 0 Å². The lowest BCUT2D eigenvalue weighted by molar-refractivity contribution is -0.114. The molecule has 3 aromatic carbocycles. The number of unbranched alkanes of at least 4 members (excludes halogenated alkanes) is 3. The molecule has 3 rings (SSSR count). The summed E-state index contributed by atoms with van der Waals surface area (Å²) < 4.78 is 11.7. The summed E-state index contributed by atoms with van der Waals surface area (Å²) in [5.41, 5.74) is 2.80. The van der Waals surface area contributed by atoms with Crippen LogP contribution >= 0.6 is 0 Å². The maximum Gasteiger partial charge on any atom is 0.243 e. The zero-order valence-corrected chi connectivity index (χ0v) is 19.4. The van der Waals surface area contributed by atoms with Crippen LogP contribution in [-0.4, -0.2) is 25.7 Å². The van der Waals surface area contributed by atoms with Gasteiger partial charge >= 0.3 is 0 Å². The van der Waals surface area contributed by atoms with E-state index < -0.39 is 0 Å². The second kappa shape index (κ2) is 13.8. The number of anilines is 2. The summed E-state index contributed by atoms with van der Waals surface area (Å²) in [6, 6.07) is 25.4. The zero-order chi connectivity index (χ0) is 23.1. The summed E-state index contributed by atoms with van der Waals surface area (Å²) in [5, 5.41) is 6.08. The molecule has 0 aliphatic rings. The topological polar surface area (TPSA) is 59.6 Å². The number of carbonyl (C=O) groups is 1. The molecule has 1 amide bonds. The van der Waals surface area contributed by atoms with Gasteiger partial charge in [-0.2, -0.15) is 0 Å². The number of ether oxygens (including phenoxy) is 2. The van der Waals surface area contributed by atoms with Gasteiger partial charge in [-0.1, -0.05) is 68.7 Å². The number of hydrogen-bond donors (Lipinski definition) is 2.